The van der Waals surface area contributed by atoms with Crippen LogP contribution in [0.3, 0.4) is 0 Å². The van der Waals surface area contributed by atoms with Crippen LogP contribution in [0.1, 0.15) is 20.3 Å². The molecule has 0 fully saturated rings. The Bertz CT molecular complexity index is 942. The number of aromatic nitrogens is 3. The molecule has 26 heavy (non-hydrogen) atoms. The third-order valence-electron chi connectivity index (χ3n) is 4.00. The fraction of sp³-hybridized carbons (Fsp3) is 0.278. The molecule has 0 spiro atoms. The average molecular weight is 375 g/mol. The number of carbonyl (C=O) groups excluding carboxylic acids is 1. The highest BCUT2D eigenvalue weighted by Crippen LogP contribution is 2.18. The number of carbonyl (C=O) groups is 1. The van der Waals surface area contributed by atoms with E-state index in [4.69, 9.17) is 16.0 Å². The Labute approximate surface area is 155 Å². The lowest BCUT2D eigenvalue weighted by atomic mass is 10.2. The third kappa shape index (κ3) is 3.72. The number of hydrogen-bond donors (Lipinski definition) is 1. The Morgan fingerprint density at radius 2 is 2.04 bits per heavy atom. The molecule has 7 nitrogen and oxygen atoms in total. The molecule has 0 aliphatic carbocycles. The van der Waals surface area contributed by atoms with Gasteiger partial charge in [0.15, 0.2) is 5.76 Å². The SMILES string of the molecule is CC[C@@H](C)NC(=O)Cn1c(-c2ccco2)nn(-c2ccc(Cl)cc2)c1=O. The first kappa shape index (κ1) is 18.0. The molecule has 2 aromatic heterocycles. The molecule has 136 valence electrons. The molecule has 3 rings (SSSR count). The molecule has 0 aliphatic rings. The summed E-state index contributed by atoms with van der Waals surface area (Å²) in [5, 5.41) is 7.76. The van der Waals surface area contributed by atoms with Crippen molar-refractivity contribution in [3.8, 4) is 17.3 Å². The number of halogens is 1. The lowest BCUT2D eigenvalue weighted by Gasteiger charge is -2.11. The first-order chi connectivity index (χ1) is 12.5. The minimum absolute atomic E-state index is 0.0246. The van der Waals surface area contributed by atoms with E-state index in [1.165, 1.54) is 15.5 Å². The van der Waals surface area contributed by atoms with Crippen LogP contribution < -0.4 is 11.0 Å². The zero-order valence-electron chi connectivity index (χ0n) is 14.5. The van der Waals surface area contributed by atoms with Crippen LogP contribution in [0.5, 0.6) is 0 Å². The van der Waals surface area contributed by atoms with Crippen molar-refractivity contribution in [1.82, 2.24) is 19.7 Å². The Kier molecular flexibility index (Phi) is 5.27. The molecule has 8 heteroatoms. The monoisotopic (exact) mass is 374 g/mol. The van der Waals surface area contributed by atoms with E-state index >= 15 is 0 Å². The summed E-state index contributed by atoms with van der Waals surface area (Å²) in [5.41, 5.74) is 0.117. The van der Waals surface area contributed by atoms with Crippen LogP contribution in [0.2, 0.25) is 5.02 Å². The summed E-state index contributed by atoms with van der Waals surface area (Å²) in [7, 11) is 0. The van der Waals surface area contributed by atoms with Crippen molar-refractivity contribution in [1.29, 1.82) is 0 Å². The van der Waals surface area contributed by atoms with Crippen LogP contribution in [0, 0.1) is 0 Å². The zero-order valence-corrected chi connectivity index (χ0v) is 15.2. The van der Waals surface area contributed by atoms with Crippen molar-refractivity contribution in [3.63, 3.8) is 0 Å². The topological polar surface area (TPSA) is 82.1 Å². The molecule has 1 atom stereocenters. The predicted octanol–water partition coefficient (Wildman–Crippen LogP) is 2.86. The fourth-order valence-electron chi connectivity index (χ4n) is 2.44. The minimum atomic E-state index is -0.432. The van der Waals surface area contributed by atoms with Crippen LogP contribution >= 0.6 is 11.6 Å². The number of furan rings is 1. The summed E-state index contributed by atoms with van der Waals surface area (Å²) in [6, 6.07) is 10.1. The van der Waals surface area contributed by atoms with Crippen LogP contribution in [0.15, 0.2) is 51.9 Å². The molecular weight excluding hydrogens is 356 g/mol. The molecule has 0 radical (unpaired) electrons. The molecular formula is C18H19ClN4O3. The smallest absolute Gasteiger partial charge is 0.351 e. The van der Waals surface area contributed by atoms with Gasteiger partial charge in [-0.25, -0.2) is 4.79 Å². The van der Waals surface area contributed by atoms with Crippen LogP contribution in [-0.2, 0) is 11.3 Å². The van der Waals surface area contributed by atoms with Crippen molar-refractivity contribution >= 4 is 17.5 Å². The van der Waals surface area contributed by atoms with E-state index in [1.807, 2.05) is 13.8 Å². The molecule has 3 aromatic rings. The number of hydrogen-bond acceptors (Lipinski definition) is 4. The van der Waals surface area contributed by atoms with E-state index in [0.717, 1.165) is 6.42 Å². The molecule has 1 amide bonds. The van der Waals surface area contributed by atoms with Gasteiger partial charge >= 0.3 is 5.69 Å². The molecule has 0 aliphatic heterocycles. The second kappa shape index (κ2) is 7.61. The van der Waals surface area contributed by atoms with Gasteiger partial charge in [0.2, 0.25) is 11.7 Å². The van der Waals surface area contributed by atoms with E-state index < -0.39 is 5.69 Å². The van der Waals surface area contributed by atoms with E-state index in [9.17, 15) is 9.59 Å². The molecule has 2 heterocycles. The van der Waals surface area contributed by atoms with Crippen molar-refractivity contribution < 1.29 is 9.21 Å². The number of amides is 1. The predicted molar refractivity (Wildman–Crippen MR) is 98.4 cm³/mol. The first-order valence-electron chi connectivity index (χ1n) is 8.28. The fourth-order valence-corrected chi connectivity index (χ4v) is 2.57. The van der Waals surface area contributed by atoms with Crippen LogP contribution in [0.4, 0.5) is 0 Å². The summed E-state index contributed by atoms with van der Waals surface area (Å²) in [6.45, 7) is 3.74. The Morgan fingerprint density at radius 1 is 1.31 bits per heavy atom. The highest BCUT2D eigenvalue weighted by molar-refractivity contribution is 6.30. The summed E-state index contributed by atoms with van der Waals surface area (Å²) in [5.74, 6) is 0.435. The number of rotatable bonds is 6. The average Bonchev–Trinajstić information content (AvgIpc) is 3.25. The minimum Gasteiger partial charge on any atom is -0.461 e. The maximum atomic E-state index is 12.9. The molecule has 0 saturated carbocycles. The maximum Gasteiger partial charge on any atom is 0.351 e. The van der Waals surface area contributed by atoms with Crippen molar-refractivity contribution in [3.05, 3.63) is 58.2 Å². The molecule has 0 unspecified atom stereocenters. The van der Waals surface area contributed by atoms with Gasteiger partial charge < -0.3 is 9.73 Å². The van der Waals surface area contributed by atoms with E-state index in [-0.39, 0.29) is 24.3 Å². The Morgan fingerprint density at radius 3 is 2.65 bits per heavy atom. The quantitative estimate of drug-likeness (QED) is 0.719. The summed E-state index contributed by atoms with van der Waals surface area (Å²) in [6.07, 6.45) is 2.29. The third-order valence-corrected chi connectivity index (χ3v) is 4.25. The summed E-state index contributed by atoms with van der Waals surface area (Å²) < 4.78 is 7.90. The van der Waals surface area contributed by atoms with Gasteiger partial charge in [-0.05, 0) is 49.7 Å². The lowest BCUT2D eigenvalue weighted by Crippen LogP contribution is -2.37. The van der Waals surface area contributed by atoms with Crippen molar-refractivity contribution in [2.45, 2.75) is 32.9 Å². The Hall–Kier alpha value is -2.80. The summed E-state index contributed by atoms with van der Waals surface area (Å²) in [4.78, 5) is 25.2. The highest BCUT2D eigenvalue weighted by Gasteiger charge is 2.20. The van der Waals surface area contributed by atoms with Gasteiger partial charge in [0.25, 0.3) is 0 Å². The molecule has 1 N–H and O–H groups in total. The maximum absolute atomic E-state index is 12.9. The van der Waals surface area contributed by atoms with Crippen molar-refractivity contribution in [2.75, 3.05) is 0 Å². The van der Waals surface area contributed by atoms with E-state index in [1.54, 1.807) is 36.4 Å². The van der Waals surface area contributed by atoms with Gasteiger partial charge in [0.1, 0.15) is 6.54 Å². The largest absolute Gasteiger partial charge is 0.461 e. The highest BCUT2D eigenvalue weighted by atomic mass is 35.5. The second-order valence-electron chi connectivity index (χ2n) is 5.93. The van der Waals surface area contributed by atoms with Crippen molar-refractivity contribution in [2.24, 2.45) is 0 Å². The number of nitrogens with one attached hydrogen (secondary N) is 1. The van der Waals surface area contributed by atoms with Gasteiger partial charge in [-0.2, -0.15) is 4.68 Å². The first-order valence-corrected chi connectivity index (χ1v) is 8.66. The lowest BCUT2D eigenvalue weighted by molar-refractivity contribution is -0.122. The Balaban J connectivity index is 2.03. The van der Waals surface area contributed by atoms with Gasteiger partial charge in [0.05, 0.1) is 12.0 Å². The van der Waals surface area contributed by atoms with Gasteiger partial charge in [-0.1, -0.05) is 18.5 Å². The normalized spacial score (nSPS) is 12.1. The van der Waals surface area contributed by atoms with Crippen LogP contribution in [0.25, 0.3) is 17.3 Å². The molecule has 1 aromatic carbocycles. The second-order valence-corrected chi connectivity index (χ2v) is 6.37. The molecule has 0 bridgehead atoms. The number of nitrogens with zero attached hydrogens (tertiary/aromatic N) is 3. The standard InChI is InChI=1S/C18H19ClN4O3/c1-3-12(2)20-16(24)11-22-17(15-5-4-10-26-15)21-23(18(22)25)14-8-6-13(19)7-9-14/h4-10,12H,3,11H2,1-2H3,(H,20,24)/t12-/m1/s1. The molecule has 0 saturated heterocycles. The number of benzene rings is 1. The summed E-state index contributed by atoms with van der Waals surface area (Å²) >= 11 is 5.91. The van der Waals surface area contributed by atoms with E-state index in [2.05, 4.69) is 10.4 Å². The van der Waals surface area contributed by atoms with Gasteiger partial charge in [-0.15, -0.1) is 5.10 Å². The van der Waals surface area contributed by atoms with Gasteiger partial charge in [0, 0.05) is 11.1 Å². The zero-order chi connectivity index (χ0) is 18.7. The van der Waals surface area contributed by atoms with E-state index in [0.29, 0.717) is 16.5 Å². The van der Waals surface area contributed by atoms with Crippen LogP contribution in [-0.4, -0.2) is 26.3 Å². The van der Waals surface area contributed by atoms with Gasteiger partial charge in [-0.3, -0.25) is 9.36 Å².